The van der Waals surface area contributed by atoms with E-state index in [1.165, 1.54) is 0 Å². The highest BCUT2D eigenvalue weighted by atomic mass is 35.5. The molecule has 20 heavy (non-hydrogen) atoms. The number of hydrogen-bond donors (Lipinski definition) is 1. The summed E-state index contributed by atoms with van der Waals surface area (Å²) in [6, 6.07) is 5.30. The summed E-state index contributed by atoms with van der Waals surface area (Å²) in [6.07, 6.45) is -0.538. The number of likely N-dealkylation sites (N-methyl/N-ethyl adjacent to an activating group) is 1. The molecule has 0 spiro atoms. The molecule has 2 unspecified atom stereocenters. The second-order valence-electron chi connectivity index (χ2n) is 5.06. The SMILES string of the molecule is CCN1CCOC(COc2ccc(Cl)cc2C(C)O)C1. The van der Waals surface area contributed by atoms with Crippen molar-refractivity contribution < 1.29 is 14.6 Å². The summed E-state index contributed by atoms with van der Waals surface area (Å²) in [7, 11) is 0. The van der Waals surface area contributed by atoms with Crippen LogP contribution < -0.4 is 4.74 Å². The average Bonchev–Trinajstić information content (AvgIpc) is 2.46. The number of halogens is 1. The Morgan fingerprint density at radius 2 is 2.35 bits per heavy atom. The molecule has 2 rings (SSSR count). The van der Waals surface area contributed by atoms with Crippen LogP contribution in [0.15, 0.2) is 18.2 Å². The van der Waals surface area contributed by atoms with E-state index in [1.54, 1.807) is 25.1 Å². The smallest absolute Gasteiger partial charge is 0.125 e. The fourth-order valence-corrected chi connectivity index (χ4v) is 2.51. The molecule has 1 aromatic carbocycles. The van der Waals surface area contributed by atoms with E-state index in [0.717, 1.165) is 26.2 Å². The van der Waals surface area contributed by atoms with E-state index < -0.39 is 6.10 Å². The number of morpholine rings is 1. The Balaban J connectivity index is 1.96. The molecule has 1 aliphatic heterocycles. The summed E-state index contributed by atoms with van der Waals surface area (Å²) in [5, 5.41) is 10.4. The Hall–Kier alpha value is -0.810. The van der Waals surface area contributed by atoms with Crippen LogP contribution in [0.2, 0.25) is 5.02 Å². The second kappa shape index (κ2) is 7.27. The molecule has 0 radical (unpaired) electrons. The molecule has 5 heteroatoms. The maximum Gasteiger partial charge on any atom is 0.125 e. The van der Waals surface area contributed by atoms with Crippen molar-refractivity contribution in [3.8, 4) is 5.75 Å². The monoisotopic (exact) mass is 299 g/mol. The van der Waals surface area contributed by atoms with E-state index in [0.29, 0.717) is 22.9 Å². The van der Waals surface area contributed by atoms with E-state index in [2.05, 4.69) is 11.8 Å². The highest BCUT2D eigenvalue weighted by Crippen LogP contribution is 2.28. The van der Waals surface area contributed by atoms with Gasteiger partial charge in [-0.3, -0.25) is 4.90 Å². The molecule has 0 saturated carbocycles. The van der Waals surface area contributed by atoms with Gasteiger partial charge < -0.3 is 14.6 Å². The zero-order valence-electron chi connectivity index (χ0n) is 12.0. The normalized spacial score (nSPS) is 21.7. The number of ether oxygens (including phenoxy) is 2. The summed E-state index contributed by atoms with van der Waals surface area (Å²) in [5.41, 5.74) is 0.709. The van der Waals surface area contributed by atoms with Gasteiger partial charge in [-0.25, -0.2) is 0 Å². The predicted octanol–water partition coefficient (Wildman–Crippen LogP) is 2.49. The van der Waals surface area contributed by atoms with Gasteiger partial charge in [0.15, 0.2) is 0 Å². The van der Waals surface area contributed by atoms with Crippen LogP contribution in [0.1, 0.15) is 25.5 Å². The molecular formula is C15H22ClNO3. The Bertz CT molecular complexity index is 439. The van der Waals surface area contributed by atoms with Crippen LogP contribution in [-0.4, -0.2) is 49.0 Å². The van der Waals surface area contributed by atoms with Crippen LogP contribution in [0.4, 0.5) is 0 Å². The lowest BCUT2D eigenvalue weighted by molar-refractivity contribution is -0.0467. The van der Waals surface area contributed by atoms with Crippen molar-refractivity contribution in [2.75, 3.05) is 32.8 Å². The third-order valence-corrected chi connectivity index (χ3v) is 3.75. The van der Waals surface area contributed by atoms with Crippen molar-refractivity contribution in [3.05, 3.63) is 28.8 Å². The van der Waals surface area contributed by atoms with Gasteiger partial charge in [0, 0.05) is 23.7 Å². The van der Waals surface area contributed by atoms with Crippen LogP contribution in [-0.2, 0) is 4.74 Å². The quantitative estimate of drug-likeness (QED) is 0.907. The molecule has 1 saturated heterocycles. The molecule has 0 bridgehead atoms. The molecule has 1 aromatic rings. The average molecular weight is 300 g/mol. The zero-order valence-corrected chi connectivity index (χ0v) is 12.8. The predicted molar refractivity (Wildman–Crippen MR) is 79.4 cm³/mol. The van der Waals surface area contributed by atoms with Crippen LogP contribution in [0.25, 0.3) is 0 Å². The molecule has 1 heterocycles. The number of aliphatic hydroxyl groups is 1. The number of rotatable bonds is 5. The largest absolute Gasteiger partial charge is 0.490 e. The van der Waals surface area contributed by atoms with Crippen molar-refractivity contribution in [1.29, 1.82) is 0 Å². The minimum atomic E-state index is -0.608. The summed E-state index contributed by atoms with van der Waals surface area (Å²) in [5.74, 6) is 0.668. The molecule has 112 valence electrons. The third kappa shape index (κ3) is 4.09. The highest BCUT2D eigenvalue weighted by Gasteiger charge is 2.20. The second-order valence-corrected chi connectivity index (χ2v) is 5.49. The zero-order chi connectivity index (χ0) is 14.5. The molecular weight excluding hydrogens is 278 g/mol. The van der Waals surface area contributed by atoms with Crippen LogP contribution in [0.5, 0.6) is 5.75 Å². The highest BCUT2D eigenvalue weighted by molar-refractivity contribution is 6.30. The minimum Gasteiger partial charge on any atom is -0.490 e. The fraction of sp³-hybridized carbons (Fsp3) is 0.600. The lowest BCUT2D eigenvalue weighted by Gasteiger charge is -2.32. The third-order valence-electron chi connectivity index (χ3n) is 3.52. The first kappa shape index (κ1) is 15.6. The summed E-state index contributed by atoms with van der Waals surface area (Å²) in [6.45, 7) is 7.97. The van der Waals surface area contributed by atoms with E-state index >= 15 is 0 Å². The first-order valence-electron chi connectivity index (χ1n) is 7.04. The Morgan fingerprint density at radius 1 is 1.55 bits per heavy atom. The van der Waals surface area contributed by atoms with Gasteiger partial charge in [0.05, 0.1) is 12.7 Å². The fourth-order valence-electron chi connectivity index (χ4n) is 2.33. The number of nitrogens with zero attached hydrogens (tertiary/aromatic N) is 1. The first-order valence-corrected chi connectivity index (χ1v) is 7.42. The van der Waals surface area contributed by atoms with Gasteiger partial charge in [0.2, 0.25) is 0 Å². The van der Waals surface area contributed by atoms with Crippen molar-refractivity contribution in [3.63, 3.8) is 0 Å². The van der Waals surface area contributed by atoms with Gasteiger partial charge in [-0.15, -0.1) is 0 Å². The van der Waals surface area contributed by atoms with Crippen LogP contribution >= 0.6 is 11.6 Å². The van der Waals surface area contributed by atoms with Crippen molar-refractivity contribution in [2.24, 2.45) is 0 Å². The number of hydrogen-bond acceptors (Lipinski definition) is 4. The molecule has 1 fully saturated rings. The Morgan fingerprint density at radius 3 is 3.05 bits per heavy atom. The molecule has 1 N–H and O–H groups in total. The Kier molecular flexibility index (Phi) is 5.66. The standard InChI is InChI=1S/C15H22ClNO3/c1-3-17-6-7-19-13(9-17)10-20-15-5-4-12(16)8-14(15)11(2)18/h4-5,8,11,13,18H,3,6-7,9-10H2,1-2H3. The van der Waals surface area contributed by atoms with Gasteiger partial charge in [0.1, 0.15) is 18.5 Å². The Labute approximate surface area is 125 Å². The van der Waals surface area contributed by atoms with E-state index in [-0.39, 0.29) is 6.10 Å². The van der Waals surface area contributed by atoms with Gasteiger partial charge in [-0.2, -0.15) is 0 Å². The molecule has 4 nitrogen and oxygen atoms in total. The minimum absolute atomic E-state index is 0.0706. The van der Waals surface area contributed by atoms with Crippen LogP contribution in [0, 0.1) is 0 Å². The number of aliphatic hydroxyl groups excluding tert-OH is 1. The summed E-state index contributed by atoms with van der Waals surface area (Å²) in [4.78, 5) is 2.34. The van der Waals surface area contributed by atoms with Crippen molar-refractivity contribution in [2.45, 2.75) is 26.1 Å². The molecule has 0 amide bonds. The topological polar surface area (TPSA) is 41.9 Å². The van der Waals surface area contributed by atoms with Crippen molar-refractivity contribution >= 4 is 11.6 Å². The van der Waals surface area contributed by atoms with Crippen LogP contribution in [0.3, 0.4) is 0 Å². The lowest BCUT2D eigenvalue weighted by Crippen LogP contribution is -2.44. The maximum atomic E-state index is 9.77. The molecule has 1 aliphatic rings. The molecule has 0 aromatic heterocycles. The van der Waals surface area contributed by atoms with E-state index in [9.17, 15) is 5.11 Å². The van der Waals surface area contributed by atoms with Gasteiger partial charge in [0.25, 0.3) is 0 Å². The summed E-state index contributed by atoms with van der Waals surface area (Å²) < 4.78 is 11.5. The van der Waals surface area contributed by atoms with Crippen molar-refractivity contribution in [1.82, 2.24) is 4.90 Å². The van der Waals surface area contributed by atoms with E-state index in [1.807, 2.05) is 0 Å². The summed E-state index contributed by atoms with van der Waals surface area (Å²) >= 11 is 5.95. The first-order chi connectivity index (χ1) is 9.60. The lowest BCUT2D eigenvalue weighted by atomic mass is 10.1. The maximum absolute atomic E-state index is 9.77. The molecule has 0 aliphatic carbocycles. The van der Waals surface area contributed by atoms with Gasteiger partial charge in [-0.05, 0) is 31.7 Å². The van der Waals surface area contributed by atoms with E-state index in [4.69, 9.17) is 21.1 Å². The van der Waals surface area contributed by atoms with Gasteiger partial charge in [-0.1, -0.05) is 18.5 Å². The number of benzene rings is 1. The molecule has 2 atom stereocenters. The van der Waals surface area contributed by atoms with Gasteiger partial charge >= 0.3 is 0 Å².